The van der Waals surface area contributed by atoms with Crippen molar-refractivity contribution in [3.63, 3.8) is 0 Å². The van der Waals surface area contributed by atoms with Crippen LogP contribution in [0.5, 0.6) is 0 Å². The molecule has 1 aliphatic rings. The Hall–Kier alpha value is -2.88. The molecule has 2 heterocycles. The smallest absolute Gasteiger partial charge is 0.270 e. The van der Waals surface area contributed by atoms with E-state index >= 15 is 0 Å². The van der Waals surface area contributed by atoms with Crippen LogP contribution in [0.15, 0.2) is 65.5 Å². The number of carbonyl (C=O) groups is 1. The highest BCUT2D eigenvalue weighted by Gasteiger charge is 2.23. The molecule has 1 saturated heterocycles. The fourth-order valence-corrected chi connectivity index (χ4v) is 3.85. The monoisotopic (exact) mass is 346 g/mol. The first-order valence-corrected chi connectivity index (χ1v) is 9.18. The van der Waals surface area contributed by atoms with E-state index < -0.39 is 0 Å². The molecule has 0 bridgehead atoms. The summed E-state index contributed by atoms with van der Waals surface area (Å²) in [6.07, 6.45) is 3.01. The van der Waals surface area contributed by atoms with Gasteiger partial charge in [0.25, 0.3) is 11.5 Å². The minimum Gasteiger partial charge on any atom is -0.337 e. The van der Waals surface area contributed by atoms with Crippen LogP contribution in [0.4, 0.5) is 0 Å². The Labute approximate surface area is 152 Å². The van der Waals surface area contributed by atoms with E-state index in [-0.39, 0.29) is 11.5 Å². The zero-order valence-corrected chi connectivity index (χ0v) is 14.7. The molecule has 0 aliphatic carbocycles. The molecule has 1 amide bonds. The largest absolute Gasteiger partial charge is 0.337 e. The van der Waals surface area contributed by atoms with Gasteiger partial charge in [0.05, 0.1) is 0 Å². The second-order valence-corrected chi connectivity index (χ2v) is 6.93. The maximum Gasteiger partial charge on any atom is 0.270 e. The molecule has 1 fully saturated rings. The standard InChI is InChI=1S/C22H22N2O2/c25-21-19-11-5-4-9-18(19)15-20(23-21)22(26)24-13-6-10-17(12-14-24)16-7-2-1-3-8-16/h1-5,7-9,11,15,17H,6,10,12-14H2,(H,23,25)/t17-/m0/s1. The van der Waals surface area contributed by atoms with Gasteiger partial charge in [0.15, 0.2) is 0 Å². The van der Waals surface area contributed by atoms with Gasteiger partial charge in [-0.25, -0.2) is 0 Å². The fraction of sp³-hybridized carbons (Fsp3) is 0.273. The van der Waals surface area contributed by atoms with Gasteiger partial charge >= 0.3 is 0 Å². The number of pyridine rings is 1. The van der Waals surface area contributed by atoms with Crippen LogP contribution in [0, 0.1) is 0 Å². The lowest BCUT2D eigenvalue weighted by Crippen LogP contribution is -2.33. The predicted octanol–water partition coefficient (Wildman–Crippen LogP) is 3.94. The van der Waals surface area contributed by atoms with Gasteiger partial charge in [-0.2, -0.15) is 0 Å². The molecule has 132 valence electrons. The zero-order chi connectivity index (χ0) is 17.9. The first-order chi connectivity index (χ1) is 12.7. The molecule has 4 heteroatoms. The van der Waals surface area contributed by atoms with Crippen LogP contribution >= 0.6 is 0 Å². The second kappa shape index (κ2) is 7.16. The number of benzene rings is 2. The van der Waals surface area contributed by atoms with Crippen molar-refractivity contribution in [2.75, 3.05) is 13.1 Å². The van der Waals surface area contributed by atoms with Crippen LogP contribution in [0.1, 0.15) is 41.2 Å². The SMILES string of the molecule is O=C(c1cc2ccccc2c(=O)[nH]1)N1CCC[C@H](c2ccccc2)CC1. The second-order valence-electron chi connectivity index (χ2n) is 6.93. The number of hydrogen-bond acceptors (Lipinski definition) is 2. The topological polar surface area (TPSA) is 53.2 Å². The van der Waals surface area contributed by atoms with E-state index in [4.69, 9.17) is 0 Å². The molecule has 1 aliphatic heterocycles. The normalized spacial score (nSPS) is 17.8. The van der Waals surface area contributed by atoms with Gasteiger partial charge in [-0.1, -0.05) is 48.5 Å². The van der Waals surface area contributed by atoms with Gasteiger partial charge < -0.3 is 9.88 Å². The van der Waals surface area contributed by atoms with Gasteiger partial charge in [0, 0.05) is 18.5 Å². The van der Waals surface area contributed by atoms with E-state index in [0.717, 1.165) is 31.2 Å². The molecule has 3 aromatic rings. The molecule has 1 aromatic heterocycles. The quantitative estimate of drug-likeness (QED) is 0.764. The average Bonchev–Trinajstić information content (AvgIpc) is 2.94. The number of aromatic amines is 1. The number of fused-ring (bicyclic) bond motifs is 1. The third-order valence-electron chi connectivity index (χ3n) is 5.27. The number of nitrogens with one attached hydrogen (secondary N) is 1. The van der Waals surface area contributed by atoms with Crippen molar-refractivity contribution in [1.29, 1.82) is 0 Å². The Morgan fingerprint density at radius 2 is 1.73 bits per heavy atom. The van der Waals surface area contributed by atoms with Crippen molar-refractivity contribution >= 4 is 16.7 Å². The Kier molecular flexibility index (Phi) is 4.57. The summed E-state index contributed by atoms with van der Waals surface area (Å²) in [5.74, 6) is 0.409. The Balaban J connectivity index is 1.54. The lowest BCUT2D eigenvalue weighted by molar-refractivity contribution is 0.0755. The summed E-state index contributed by atoms with van der Waals surface area (Å²) in [6.45, 7) is 1.45. The van der Waals surface area contributed by atoms with Gasteiger partial charge in [-0.05, 0) is 48.3 Å². The molecule has 1 atom stereocenters. The lowest BCUT2D eigenvalue weighted by atomic mass is 9.92. The molecule has 2 aromatic carbocycles. The first kappa shape index (κ1) is 16.6. The Morgan fingerprint density at radius 1 is 0.962 bits per heavy atom. The van der Waals surface area contributed by atoms with Crippen LogP contribution in [0.25, 0.3) is 10.8 Å². The van der Waals surface area contributed by atoms with Crippen molar-refractivity contribution in [2.24, 2.45) is 0 Å². The molecular formula is C22H22N2O2. The van der Waals surface area contributed by atoms with Crippen LogP contribution in [-0.4, -0.2) is 28.9 Å². The first-order valence-electron chi connectivity index (χ1n) is 9.18. The molecule has 26 heavy (non-hydrogen) atoms. The molecule has 0 spiro atoms. The molecule has 0 unspecified atom stereocenters. The fourth-order valence-electron chi connectivity index (χ4n) is 3.85. The van der Waals surface area contributed by atoms with Gasteiger partial charge in [-0.3, -0.25) is 9.59 Å². The van der Waals surface area contributed by atoms with Crippen LogP contribution < -0.4 is 5.56 Å². The number of likely N-dealkylation sites (tertiary alicyclic amines) is 1. The minimum absolute atomic E-state index is 0.0819. The maximum absolute atomic E-state index is 12.9. The number of aromatic nitrogens is 1. The third kappa shape index (κ3) is 3.27. The van der Waals surface area contributed by atoms with E-state index in [1.54, 1.807) is 12.1 Å². The number of rotatable bonds is 2. The van der Waals surface area contributed by atoms with Crippen LogP contribution in [0.3, 0.4) is 0 Å². The van der Waals surface area contributed by atoms with Gasteiger partial charge in [-0.15, -0.1) is 0 Å². The van der Waals surface area contributed by atoms with E-state index in [2.05, 4.69) is 29.2 Å². The number of carbonyl (C=O) groups excluding carboxylic acids is 1. The minimum atomic E-state index is -0.205. The van der Waals surface area contributed by atoms with Crippen LogP contribution in [-0.2, 0) is 0 Å². The van der Waals surface area contributed by atoms with Crippen LogP contribution in [0.2, 0.25) is 0 Å². The summed E-state index contributed by atoms with van der Waals surface area (Å²) in [7, 11) is 0. The zero-order valence-electron chi connectivity index (χ0n) is 14.7. The van der Waals surface area contributed by atoms with Gasteiger partial charge in [0.1, 0.15) is 5.69 Å². The van der Waals surface area contributed by atoms with E-state index in [9.17, 15) is 9.59 Å². The van der Waals surface area contributed by atoms with Crippen molar-refractivity contribution in [3.05, 3.63) is 82.3 Å². The van der Waals surface area contributed by atoms with Crippen molar-refractivity contribution in [3.8, 4) is 0 Å². The highest BCUT2D eigenvalue weighted by Crippen LogP contribution is 2.28. The summed E-state index contributed by atoms with van der Waals surface area (Å²) in [5, 5.41) is 1.42. The number of hydrogen-bond donors (Lipinski definition) is 1. The maximum atomic E-state index is 12.9. The summed E-state index contributed by atoms with van der Waals surface area (Å²) in [6, 6.07) is 19.7. The number of H-pyrrole nitrogens is 1. The summed E-state index contributed by atoms with van der Waals surface area (Å²) in [4.78, 5) is 29.9. The highest BCUT2D eigenvalue weighted by molar-refractivity contribution is 5.96. The van der Waals surface area contributed by atoms with Crippen molar-refractivity contribution < 1.29 is 4.79 Å². The lowest BCUT2D eigenvalue weighted by Gasteiger charge is -2.21. The number of amides is 1. The molecule has 0 radical (unpaired) electrons. The van der Waals surface area contributed by atoms with Gasteiger partial charge in [0.2, 0.25) is 0 Å². The predicted molar refractivity (Wildman–Crippen MR) is 104 cm³/mol. The van der Waals surface area contributed by atoms with E-state index in [1.807, 2.05) is 29.2 Å². The van der Waals surface area contributed by atoms with Crippen molar-refractivity contribution in [2.45, 2.75) is 25.2 Å². The van der Waals surface area contributed by atoms with Crippen molar-refractivity contribution in [1.82, 2.24) is 9.88 Å². The third-order valence-corrected chi connectivity index (χ3v) is 5.27. The summed E-state index contributed by atoms with van der Waals surface area (Å²) < 4.78 is 0. The summed E-state index contributed by atoms with van der Waals surface area (Å²) in [5.41, 5.74) is 1.52. The number of nitrogens with zero attached hydrogens (tertiary/aromatic N) is 1. The Morgan fingerprint density at radius 3 is 2.58 bits per heavy atom. The molecule has 4 nitrogen and oxygen atoms in total. The molecule has 0 saturated carbocycles. The van der Waals surface area contributed by atoms with E-state index in [1.165, 1.54) is 5.56 Å². The summed E-state index contributed by atoms with van der Waals surface area (Å²) >= 11 is 0. The average molecular weight is 346 g/mol. The molecule has 1 N–H and O–H groups in total. The molecule has 4 rings (SSSR count). The van der Waals surface area contributed by atoms with E-state index in [0.29, 0.717) is 23.5 Å². The Bertz CT molecular complexity index is 978. The highest BCUT2D eigenvalue weighted by atomic mass is 16.2. The molecular weight excluding hydrogens is 324 g/mol.